The van der Waals surface area contributed by atoms with Crippen LogP contribution >= 0.6 is 47.8 Å². The van der Waals surface area contributed by atoms with Crippen molar-refractivity contribution < 1.29 is 19.3 Å². The maximum Gasteiger partial charge on any atom is 0.0564 e. The van der Waals surface area contributed by atoms with Gasteiger partial charge in [-0.15, -0.1) is 0 Å². The number of hydrogen-bond acceptors (Lipinski definition) is 4. The third kappa shape index (κ3) is 14.0. The summed E-state index contributed by atoms with van der Waals surface area (Å²) in [6, 6.07) is 0. The van der Waals surface area contributed by atoms with Crippen LogP contribution < -0.4 is 0 Å². The lowest BCUT2D eigenvalue weighted by Crippen LogP contribution is -2.43. The molecule has 0 amide bonds. The Bertz CT molecular complexity index is 289. The van der Waals surface area contributed by atoms with E-state index in [0.29, 0.717) is 5.41 Å². The molecule has 0 saturated carbocycles. The Morgan fingerprint density at radius 2 is 1.24 bits per heavy atom. The molecule has 0 unspecified atom stereocenters. The maximum absolute atomic E-state index is 8.57. The fourth-order valence-corrected chi connectivity index (χ4v) is 3.07. The van der Waals surface area contributed by atoms with Crippen molar-refractivity contribution in [1.29, 1.82) is 0 Å². The molecule has 2 aliphatic heterocycles. The van der Waals surface area contributed by atoms with Crippen LogP contribution in [0.5, 0.6) is 0 Å². The highest BCUT2D eigenvalue weighted by Crippen LogP contribution is 2.26. The molecule has 2 fully saturated rings. The van der Waals surface area contributed by atoms with E-state index >= 15 is 0 Å². The minimum Gasteiger partial charge on any atom is -0.396 e. The van der Waals surface area contributed by atoms with Gasteiger partial charge in [-0.3, -0.25) is 0 Å². The molecule has 1 N–H and O–H groups in total. The van der Waals surface area contributed by atoms with Crippen LogP contribution in [0, 0.1) is 10.8 Å². The molecule has 0 radical (unpaired) electrons. The van der Waals surface area contributed by atoms with E-state index in [-0.39, 0.29) is 12.0 Å². The van der Waals surface area contributed by atoms with Gasteiger partial charge in [0.1, 0.15) is 0 Å². The molecule has 0 aromatic heterocycles. The molecule has 0 aliphatic carbocycles. The summed E-state index contributed by atoms with van der Waals surface area (Å²) >= 11 is 10.0. The van der Waals surface area contributed by atoms with Gasteiger partial charge in [-0.2, -0.15) is 0 Å². The van der Waals surface area contributed by atoms with Crippen molar-refractivity contribution in [3.8, 4) is 0 Å². The standard InChI is InChI=1S/C9H17BrO2.C5H10O2.C4H8Br2/c1-9(7-12-8-9)6-11-5-3-2-4-10;1-5(2-6)3-7-4-5;5-3-1-2-4-6/h2-8H2,1H3;6H,2-4H2,1H3;1-4H2. The van der Waals surface area contributed by atoms with Gasteiger partial charge in [0.2, 0.25) is 0 Å². The first kappa shape index (κ1) is 26.3. The van der Waals surface area contributed by atoms with Gasteiger partial charge in [-0.1, -0.05) is 61.6 Å². The number of unbranched alkanes of at least 4 members (excludes halogenated alkanes) is 2. The van der Waals surface area contributed by atoms with Crippen LogP contribution in [0.3, 0.4) is 0 Å². The van der Waals surface area contributed by atoms with Gasteiger partial charge in [-0.25, -0.2) is 0 Å². The molecule has 2 rings (SSSR count). The highest BCUT2D eigenvalue weighted by Gasteiger charge is 2.33. The molecule has 7 heteroatoms. The minimum absolute atomic E-state index is 0.0972. The van der Waals surface area contributed by atoms with Gasteiger partial charge >= 0.3 is 0 Å². The van der Waals surface area contributed by atoms with Crippen molar-refractivity contribution in [2.24, 2.45) is 10.8 Å². The molecule has 4 nitrogen and oxygen atoms in total. The smallest absolute Gasteiger partial charge is 0.0564 e. The molecule has 0 aromatic rings. The van der Waals surface area contributed by atoms with Gasteiger partial charge in [0, 0.05) is 33.4 Å². The normalized spacial score (nSPS) is 19.4. The topological polar surface area (TPSA) is 47.9 Å². The van der Waals surface area contributed by atoms with E-state index in [9.17, 15) is 0 Å². The third-order valence-corrected chi connectivity index (χ3v) is 5.51. The highest BCUT2D eigenvalue weighted by atomic mass is 79.9. The van der Waals surface area contributed by atoms with Crippen molar-refractivity contribution in [3.05, 3.63) is 0 Å². The van der Waals surface area contributed by atoms with Gasteiger partial charge in [-0.05, 0) is 25.7 Å². The second-order valence-electron chi connectivity index (χ2n) is 7.30. The quantitative estimate of drug-likeness (QED) is 0.312. The minimum atomic E-state index is 0.0972. The van der Waals surface area contributed by atoms with Crippen molar-refractivity contribution in [3.63, 3.8) is 0 Å². The molecule has 152 valence electrons. The van der Waals surface area contributed by atoms with Crippen molar-refractivity contribution in [2.75, 3.05) is 62.2 Å². The summed E-state index contributed by atoms with van der Waals surface area (Å²) in [5.41, 5.74) is 0.411. The molecular formula is C18H35Br3O4. The number of hydrogen-bond donors (Lipinski definition) is 1. The zero-order chi connectivity index (χ0) is 19.0. The van der Waals surface area contributed by atoms with E-state index in [1.54, 1.807) is 0 Å². The first-order valence-corrected chi connectivity index (χ1v) is 12.3. The van der Waals surface area contributed by atoms with Crippen LogP contribution in [0.2, 0.25) is 0 Å². The van der Waals surface area contributed by atoms with Crippen LogP contribution in [0.15, 0.2) is 0 Å². The maximum atomic E-state index is 8.57. The van der Waals surface area contributed by atoms with E-state index < -0.39 is 0 Å². The fourth-order valence-electron chi connectivity index (χ4n) is 1.88. The molecular weight excluding hydrogens is 520 g/mol. The highest BCUT2D eigenvalue weighted by molar-refractivity contribution is 9.09. The van der Waals surface area contributed by atoms with Gasteiger partial charge < -0.3 is 19.3 Å². The van der Waals surface area contributed by atoms with Crippen LogP contribution in [0.4, 0.5) is 0 Å². The Hall–Kier alpha value is 1.28. The lowest BCUT2D eigenvalue weighted by Gasteiger charge is -2.37. The summed E-state index contributed by atoms with van der Waals surface area (Å²) in [5, 5.41) is 11.9. The fraction of sp³-hybridized carbons (Fsp3) is 1.00. The Kier molecular flexibility index (Phi) is 17.1. The molecule has 2 heterocycles. The van der Waals surface area contributed by atoms with E-state index in [0.717, 1.165) is 62.1 Å². The lowest BCUT2D eigenvalue weighted by molar-refractivity contribution is -0.137. The SMILES string of the molecule is BrCCCCBr.CC1(CO)COC1.CC1(COCCCCBr)COC1. The number of aliphatic hydroxyl groups is 1. The second-order valence-corrected chi connectivity index (χ2v) is 9.68. The molecule has 2 saturated heterocycles. The lowest BCUT2D eigenvalue weighted by atomic mass is 9.90. The largest absolute Gasteiger partial charge is 0.396 e. The summed E-state index contributed by atoms with van der Waals surface area (Å²) in [5.74, 6) is 0. The summed E-state index contributed by atoms with van der Waals surface area (Å²) in [6.07, 6.45) is 4.92. The molecule has 0 spiro atoms. The second kappa shape index (κ2) is 16.3. The molecule has 0 atom stereocenters. The number of rotatable bonds is 10. The number of halogens is 3. The molecule has 0 bridgehead atoms. The summed E-state index contributed by atoms with van der Waals surface area (Å²) in [4.78, 5) is 0. The molecule has 25 heavy (non-hydrogen) atoms. The summed E-state index contributed by atoms with van der Waals surface area (Å²) in [6.45, 7) is 9.41. The van der Waals surface area contributed by atoms with Gasteiger partial charge in [0.15, 0.2) is 0 Å². The Balaban J connectivity index is 0.000000378. The van der Waals surface area contributed by atoms with E-state index in [2.05, 4.69) is 54.7 Å². The molecule has 0 aromatic carbocycles. The zero-order valence-electron chi connectivity index (χ0n) is 15.7. The van der Waals surface area contributed by atoms with Gasteiger partial charge in [0.25, 0.3) is 0 Å². The van der Waals surface area contributed by atoms with Crippen molar-refractivity contribution in [1.82, 2.24) is 0 Å². The Labute approximate surface area is 179 Å². The van der Waals surface area contributed by atoms with Crippen LogP contribution in [-0.4, -0.2) is 67.3 Å². The summed E-state index contributed by atoms with van der Waals surface area (Å²) in [7, 11) is 0. The Morgan fingerprint density at radius 3 is 1.52 bits per heavy atom. The Morgan fingerprint density at radius 1 is 0.800 bits per heavy atom. The van der Waals surface area contributed by atoms with Crippen LogP contribution in [-0.2, 0) is 14.2 Å². The number of aliphatic hydroxyl groups excluding tert-OH is 1. The first-order chi connectivity index (χ1) is 11.9. The predicted octanol–water partition coefficient (Wildman–Crippen LogP) is 4.79. The van der Waals surface area contributed by atoms with Crippen molar-refractivity contribution >= 4 is 47.8 Å². The average molecular weight is 555 g/mol. The van der Waals surface area contributed by atoms with E-state index in [1.807, 2.05) is 6.92 Å². The van der Waals surface area contributed by atoms with E-state index in [4.69, 9.17) is 19.3 Å². The van der Waals surface area contributed by atoms with Crippen LogP contribution in [0.1, 0.15) is 39.5 Å². The monoisotopic (exact) mass is 552 g/mol. The number of ether oxygens (including phenoxy) is 3. The summed E-state index contributed by atoms with van der Waals surface area (Å²) < 4.78 is 15.5. The van der Waals surface area contributed by atoms with Gasteiger partial charge in [0.05, 0.1) is 39.6 Å². The van der Waals surface area contributed by atoms with Crippen LogP contribution in [0.25, 0.3) is 0 Å². The number of alkyl halides is 3. The average Bonchev–Trinajstić information content (AvgIpc) is 2.57. The zero-order valence-corrected chi connectivity index (χ0v) is 20.5. The molecule has 2 aliphatic rings. The first-order valence-electron chi connectivity index (χ1n) is 8.97. The predicted molar refractivity (Wildman–Crippen MR) is 116 cm³/mol. The van der Waals surface area contributed by atoms with Crippen molar-refractivity contribution in [2.45, 2.75) is 39.5 Å². The van der Waals surface area contributed by atoms with E-state index in [1.165, 1.54) is 19.3 Å². The third-order valence-electron chi connectivity index (χ3n) is 3.82.